The molecule has 1 saturated heterocycles. The van der Waals surface area contributed by atoms with E-state index in [1.165, 1.54) is 12.8 Å². The second-order valence-corrected chi connectivity index (χ2v) is 8.29. The van der Waals surface area contributed by atoms with Crippen molar-refractivity contribution in [2.24, 2.45) is 17.8 Å². The van der Waals surface area contributed by atoms with E-state index in [-0.39, 0.29) is 12.0 Å². The molecule has 1 aliphatic heterocycles. The van der Waals surface area contributed by atoms with Gasteiger partial charge in [-0.1, -0.05) is 13.8 Å². The molecule has 3 rings (SSSR count). The Bertz CT molecular complexity index is 594. The number of carbonyl (C=O) groups excluding carboxylic acids is 1. The number of ether oxygens (including phenoxy) is 1. The summed E-state index contributed by atoms with van der Waals surface area (Å²) >= 11 is 0. The molecule has 26 heavy (non-hydrogen) atoms. The maximum absolute atomic E-state index is 12.8. The summed E-state index contributed by atoms with van der Waals surface area (Å²) in [5.41, 5.74) is 0. The monoisotopic (exact) mass is 360 g/mol. The van der Waals surface area contributed by atoms with Gasteiger partial charge in [0.2, 0.25) is 11.8 Å². The highest BCUT2D eigenvalue weighted by Gasteiger charge is 2.34. The van der Waals surface area contributed by atoms with Crippen LogP contribution in [0.2, 0.25) is 0 Å². The number of amides is 1. The molecule has 1 aromatic heterocycles. The van der Waals surface area contributed by atoms with E-state index < -0.39 is 0 Å². The molecule has 1 amide bonds. The van der Waals surface area contributed by atoms with Crippen molar-refractivity contribution in [1.82, 2.24) is 15.1 Å². The van der Waals surface area contributed by atoms with Crippen molar-refractivity contribution in [2.75, 3.05) is 32.1 Å². The van der Waals surface area contributed by atoms with Gasteiger partial charge < -0.3 is 14.5 Å². The van der Waals surface area contributed by atoms with Crippen molar-refractivity contribution >= 4 is 11.7 Å². The fourth-order valence-corrected chi connectivity index (χ4v) is 4.10. The number of hydrogen-bond donors (Lipinski definition) is 0. The largest absolute Gasteiger partial charge is 0.471 e. The molecule has 1 unspecified atom stereocenters. The van der Waals surface area contributed by atoms with Gasteiger partial charge in [0, 0.05) is 39.0 Å². The Labute approximate surface area is 156 Å². The highest BCUT2D eigenvalue weighted by atomic mass is 16.5. The zero-order valence-corrected chi connectivity index (χ0v) is 16.5. The van der Waals surface area contributed by atoms with Crippen LogP contribution in [0, 0.1) is 17.8 Å². The zero-order chi connectivity index (χ0) is 18.7. The van der Waals surface area contributed by atoms with Crippen LogP contribution in [0.1, 0.15) is 46.0 Å². The van der Waals surface area contributed by atoms with Crippen molar-refractivity contribution < 1.29 is 9.53 Å². The van der Waals surface area contributed by atoms with Crippen LogP contribution < -0.4 is 9.64 Å². The van der Waals surface area contributed by atoms with Gasteiger partial charge in [-0.05, 0) is 43.6 Å². The smallest absolute Gasteiger partial charge is 0.233 e. The first-order valence-electron chi connectivity index (χ1n) is 9.90. The Morgan fingerprint density at radius 2 is 1.88 bits per heavy atom. The van der Waals surface area contributed by atoms with Crippen molar-refractivity contribution in [2.45, 2.75) is 52.1 Å². The van der Waals surface area contributed by atoms with E-state index in [4.69, 9.17) is 4.74 Å². The first kappa shape index (κ1) is 18.9. The summed E-state index contributed by atoms with van der Waals surface area (Å²) < 4.78 is 5.94. The van der Waals surface area contributed by atoms with Gasteiger partial charge >= 0.3 is 0 Å². The normalized spacial score (nSPS) is 26.2. The van der Waals surface area contributed by atoms with Crippen molar-refractivity contribution in [1.29, 1.82) is 0 Å². The van der Waals surface area contributed by atoms with E-state index in [9.17, 15) is 4.79 Å². The topological polar surface area (TPSA) is 58.6 Å². The molecule has 0 spiro atoms. The van der Waals surface area contributed by atoms with Gasteiger partial charge in [-0.15, -0.1) is 10.2 Å². The third-order valence-electron chi connectivity index (χ3n) is 5.89. The van der Waals surface area contributed by atoms with Crippen LogP contribution in [0.3, 0.4) is 0 Å². The average molecular weight is 361 g/mol. The van der Waals surface area contributed by atoms with Crippen LogP contribution in [-0.2, 0) is 4.79 Å². The molecule has 1 saturated carbocycles. The Kier molecular flexibility index (Phi) is 5.99. The number of nitrogens with zero attached hydrogens (tertiary/aromatic N) is 4. The molecule has 0 bridgehead atoms. The molecule has 6 nitrogen and oxygen atoms in total. The first-order chi connectivity index (χ1) is 12.4. The number of hydrogen-bond acceptors (Lipinski definition) is 5. The zero-order valence-electron chi connectivity index (χ0n) is 16.5. The van der Waals surface area contributed by atoms with Gasteiger partial charge in [-0.2, -0.15) is 0 Å². The lowest BCUT2D eigenvalue weighted by molar-refractivity contribution is -0.136. The standard InChI is InChI=1S/C20H32N4O2/c1-14(2)15-5-7-16(8-6-15)20(25)24-12-11-17(13-24)26-19-10-9-18(21-22-19)23(3)4/h9-10,14-17H,5-8,11-13H2,1-4H3. The number of rotatable bonds is 5. The minimum atomic E-state index is 0.0189. The Morgan fingerprint density at radius 3 is 2.46 bits per heavy atom. The quantitative estimate of drug-likeness (QED) is 0.808. The SMILES string of the molecule is CC(C)C1CCC(C(=O)N2CCC(Oc3ccc(N(C)C)nn3)C2)CC1. The summed E-state index contributed by atoms with van der Waals surface area (Å²) in [6.45, 7) is 6.04. The molecule has 1 aliphatic carbocycles. The fraction of sp³-hybridized carbons (Fsp3) is 0.750. The molecular formula is C20H32N4O2. The van der Waals surface area contributed by atoms with Crippen molar-refractivity contribution in [3.63, 3.8) is 0 Å². The molecule has 1 aromatic rings. The van der Waals surface area contributed by atoms with Crippen molar-refractivity contribution in [3.8, 4) is 5.88 Å². The van der Waals surface area contributed by atoms with E-state index in [1.54, 1.807) is 0 Å². The maximum Gasteiger partial charge on any atom is 0.233 e. The molecule has 144 valence electrons. The van der Waals surface area contributed by atoms with Crippen LogP contribution in [0.5, 0.6) is 5.88 Å². The van der Waals surface area contributed by atoms with E-state index in [0.29, 0.717) is 18.3 Å². The van der Waals surface area contributed by atoms with Crippen LogP contribution in [0.25, 0.3) is 0 Å². The van der Waals surface area contributed by atoms with Crippen LogP contribution >= 0.6 is 0 Å². The lowest BCUT2D eigenvalue weighted by Gasteiger charge is -2.32. The molecule has 2 fully saturated rings. The van der Waals surface area contributed by atoms with Gasteiger partial charge in [0.1, 0.15) is 6.10 Å². The number of carbonyl (C=O) groups is 1. The van der Waals surface area contributed by atoms with E-state index in [2.05, 4.69) is 24.0 Å². The Hall–Kier alpha value is -1.85. The minimum absolute atomic E-state index is 0.0189. The second kappa shape index (κ2) is 8.23. The molecular weight excluding hydrogens is 328 g/mol. The lowest BCUT2D eigenvalue weighted by atomic mass is 9.76. The highest BCUT2D eigenvalue weighted by Crippen LogP contribution is 2.34. The van der Waals surface area contributed by atoms with Crippen LogP contribution in [0.15, 0.2) is 12.1 Å². The van der Waals surface area contributed by atoms with Crippen LogP contribution in [0.4, 0.5) is 5.82 Å². The van der Waals surface area contributed by atoms with Gasteiger partial charge in [0.25, 0.3) is 0 Å². The Balaban J connectivity index is 1.48. The van der Waals surface area contributed by atoms with Gasteiger partial charge in [0.15, 0.2) is 5.82 Å². The van der Waals surface area contributed by atoms with Crippen LogP contribution in [-0.4, -0.2) is 54.3 Å². The van der Waals surface area contributed by atoms with Gasteiger partial charge in [-0.3, -0.25) is 4.79 Å². The second-order valence-electron chi connectivity index (χ2n) is 8.29. The maximum atomic E-state index is 12.8. The lowest BCUT2D eigenvalue weighted by Crippen LogP contribution is -2.37. The molecule has 0 N–H and O–H groups in total. The average Bonchev–Trinajstić information content (AvgIpc) is 3.10. The van der Waals surface area contributed by atoms with Crippen molar-refractivity contribution in [3.05, 3.63) is 12.1 Å². The number of aromatic nitrogens is 2. The molecule has 2 heterocycles. The Morgan fingerprint density at radius 1 is 1.15 bits per heavy atom. The third kappa shape index (κ3) is 4.46. The highest BCUT2D eigenvalue weighted by molar-refractivity contribution is 5.79. The van der Waals surface area contributed by atoms with Gasteiger partial charge in [-0.25, -0.2) is 0 Å². The molecule has 0 radical (unpaired) electrons. The van der Waals surface area contributed by atoms with E-state index in [1.807, 2.05) is 36.0 Å². The summed E-state index contributed by atoms with van der Waals surface area (Å²) in [6, 6.07) is 3.74. The van der Waals surface area contributed by atoms with E-state index >= 15 is 0 Å². The number of anilines is 1. The number of likely N-dealkylation sites (tertiary alicyclic amines) is 1. The molecule has 2 aliphatic rings. The van der Waals surface area contributed by atoms with Gasteiger partial charge in [0.05, 0.1) is 6.54 Å². The molecule has 1 atom stereocenters. The molecule has 0 aromatic carbocycles. The summed E-state index contributed by atoms with van der Waals surface area (Å²) in [5, 5.41) is 8.27. The minimum Gasteiger partial charge on any atom is -0.471 e. The predicted molar refractivity (Wildman–Crippen MR) is 102 cm³/mol. The first-order valence-corrected chi connectivity index (χ1v) is 9.90. The van der Waals surface area contributed by atoms with E-state index in [0.717, 1.165) is 43.5 Å². The fourth-order valence-electron chi connectivity index (χ4n) is 4.10. The molecule has 6 heteroatoms. The summed E-state index contributed by atoms with van der Waals surface area (Å²) in [6.07, 6.45) is 5.35. The predicted octanol–water partition coefficient (Wildman–Crippen LogP) is 2.98. The summed E-state index contributed by atoms with van der Waals surface area (Å²) in [7, 11) is 3.86. The summed E-state index contributed by atoms with van der Waals surface area (Å²) in [5.74, 6) is 3.40. The third-order valence-corrected chi connectivity index (χ3v) is 5.89. The summed E-state index contributed by atoms with van der Waals surface area (Å²) in [4.78, 5) is 16.7.